The number of carbonyl (C=O) groups is 1. The molecule has 0 unspecified atom stereocenters. The van der Waals surface area contributed by atoms with Crippen molar-refractivity contribution in [1.29, 1.82) is 0 Å². The summed E-state index contributed by atoms with van der Waals surface area (Å²) < 4.78 is 0.903. The molecule has 0 radical (unpaired) electrons. The van der Waals surface area contributed by atoms with Crippen molar-refractivity contribution in [1.82, 2.24) is 29.8 Å². The molecule has 10 heteroatoms. The van der Waals surface area contributed by atoms with Gasteiger partial charge < -0.3 is 19.9 Å². The van der Waals surface area contributed by atoms with Crippen LogP contribution in [-0.4, -0.2) is 67.2 Å². The Kier molecular flexibility index (Phi) is 4.49. The maximum absolute atomic E-state index is 11.4. The molecule has 0 atom stereocenters. The molecule has 1 amide bonds. The topological polar surface area (TPSA) is 111 Å². The molecule has 1 saturated heterocycles. The summed E-state index contributed by atoms with van der Waals surface area (Å²) in [6.45, 7) is 2.07. The van der Waals surface area contributed by atoms with Gasteiger partial charge in [-0.2, -0.15) is 0 Å². The number of aromatic nitrogens is 5. The lowest BCUT2D eigenvalue weighted by atomic mass is 10.1. The van der Waals surface area contributed by atoms with Gasteiger partial charge in [-0.3, -0.25) is 4.98 Å². The fraction of sp³-hybridized carbons (Fsp3) is 0.318. The number of H-pyrrole nitrogens is 1. The summed E-state index contributed by atoms with van der Waals surface area (Å²) in [5.41, 5.74) is 3.64. The fourth-order valence-corrected chi connectivity index (χ4v) is 4.97. The molecular weight excluding hydrogens is 474 g/mol. The summed E-state index contributed by atoms with van der Waals surface area (Å²) in [6, 6.07) is 1.92. The third-order valence-corrected chi connectivity index (χ3v) is 6.88. The molecule has 32 heavy (non-hydrogen) atoms. The predicted octanol–water partition coefficient (Wildman–Crippen LogP) is 4.01. The van der Waals surface area contributed by atoms with Gasteiger partial charge in [0.2, 0.25) is 0 Å². The van der Waals surface area contributed by atoms with E-state index in [0.29, 0.717) is 37.9 Å². The highest BCUT2D eigenvalue weighted by Crippen LogP contribution is 2.45. The quantitative estimate of drug-likeness (QED) is 0.443. The molecule has 4 aromatic heterocycles. The van der Waals surface area contributed by atoms with Gasteiger partial charge in [0.25, 0.3) is 0 Å². The van der Waals surface area contributed by atoms with Crippen LogP contribution in [0.25, 0.3) is 33.3 Å². The highest BCUT2D eigenvalue weighted by atomic mass is 79.9. The van der Waals surface area contributed by atoms with Gasteiger partial charge in [-0.1, -0.05) is 0 Å². The Hall–Kier alpha value is -3.27. The van der Waals surface area contributed by atoms with E-state index in [1.807, 2.05) is 18.5 Å². The minimum Gasteiger partial charge on any atom is -0.465 e. The van der Waals surface area contributed by atoms with Crippen LogP contribution < -0.4 is 4.90 Å². The number of nitrogens with zero attached hydrogens (tertiary/aromatic N) is 6. The van der Waals surface area contributed by atoms with Crippen LogP contribution in [0.4, 0.5) is 10.6 Å². The van der Waals surface area contributed by atoms with E-state index in [0.717, 1.165) is 50.6 Å². The average Bonchev–Trinajstić information content (AvgIpc) is 3.60. The second-order valence-electron chi connectivity index (χ2n) is 8.24. The Morgan fingerprint density at radius 3 is 2.69 bits per heavy atom. The number of amides is 1. The van der Waals surface area contributed by atoms with Crippen LogP contribution in [0.3, 0.4) is 0 Å². The summed E-state index contributed by atoms with van der Waals surface area (Å²) >= 11 is 3.61. The summed E-state index contributed by atoms with van der Waals surface area (Å²) in [7, 11) is 0. The van der Waals surface area contributed by atoms with Gasteiger partial charge in [-0.15, -0.1) is 0 Å². The monoisotopic (exact) mass is 493 g/mol. The number of nitrogens with one attached hydrogen (secondary N) is 1. The molecule has 0 bridgehead atoms. The van der Waals surface area contributed by atoms with Gasteiger partial charge in [-0.05, 0) is 46.3 Å². The number of pyridine rings is 2. The van der Waals surface area contributed by atoms with Crippen LogP contribution in [0.2, 0.25) is 0 Å². The predicted molar refractivity (Wildman–Crippen MR) is 124 cm³/mol. The van der Waals surface area contributed by atoms with Crippen LogP contribution in [0.5, 0.6) is 0 Å². The van der Waals surface area contributed by atoms with Crippen molar-refractivity contribution < 1.29 is 9.90 Å². The molecule has 1 aliphatic heterocycles. The number of hydrogen-bond donors (Lipinski definition) is 2. The van der Waals surface area contributed by atoms with Crippen molar-refractivity contribution in [3.05, 3.63) is 40.9 Å². The second-order valence-corrected chi connectivity index (χ2v) is 9.10. The van der Waals surface area contributed by atoms with Gasteiger partial charge >= 0.3 is 6.09 Å². The van der Waals surface area contributed by atoms with Crippen molar-refractivity contribution in [2.24, 2.45) is 0 Å². The third-order valence-electron chi connectivity index (χ3n) is 6.25. The number of fused-ring (bicyclic) bond motifs is 2. The van der Waals surface area contributed by atoms with Crippen LogP contribution >= 0.6 is 15.9 Å². The summed E-state index contributed by atoms with van der Waals surface area (Å²) in [5.74, 6) is 1.96. The molecule has 6 rings (SSSR count). The minimum absolute atomic E-state index is 0.447. The van der Waals surface area contributed by atoms with Crippen molar-refractivity contribution in [3.8, 4) is 11.4 Å². The van der Waals surface area contributed by atoms with E-state index < -0.39 is 6.09 Å². The van der Waals surface area contributed by atoms with E-state index in [4.69, 9.17) is 9.97 Å². The van der Waals surface area contributed by atoms with Crippen molar-refractivity contribution in [2.45, 2.75) is 18.8 Å². The molecule has 1 aliphatic carbocycles. The second kappa shape index (κ2) is 7.40. The van der Waals surface area contributed by atoms with Gasteiger partial charge in [0.15, 0.2) is 5.82 Å². The average molecular weight is 494 g/mol. The first-order valence-corrected chi connectivity index (χ1v) is 11.4. The molecular formula is C22H20BrN7O2. The van der Waals surface area contributed by atoms with Crippen LogP contribution in [0.1, 0.15) is 24.3 Å². The first-order chi connectivity index (χ1) is 15.6. The molecule has 9 nitrogen and oxygen atoms in total. The van der Waals surface area contributed by atoms with Crippen molar-refractivity contribution >= 4 is 49.8 Å². The maximum atomic E-state index is 11.4. The van der Waals surface area contributed by atoms with E-state index >= 15 is 0 Å². The zero-order valence-electron chi connectivity index (χ0n) is 17.1. The Morgan fingerprint density at radius 2 is 1.94 bits per heavy atom. The fourth-order valence-electron chi connectivity index (χ4n) is 4.45. The van der Waals surface area contributed by atoms with Gasteiger partial charge in [0.05, 0.1) is 11.7 Å². The van der Waals surface area contributed by atoms with Gasteiger partial charge in [0, 0.05) is 65.6 Å². The smallest absolute Gasteiger partial charge is 0.407 e. The molecule has 162 valence electrons. The van der Waals surface area contributed by atoms with Crippen LogP contribution in [-0.2, 0) is 0 Å². The highest BCUT2D eigenvalue weighted by molar-refractivity contribution is 9.10. The molecule has 2 aliphatic rings. The zero-order chi connectivity index (χ0) is 21.8. The normalized spacial score (nSPS) is 16.8. The summed E-state index contributed by atoms with van der Waals surface area (Å²) in [4.78, 5) is 37.1. The van der Waals surface area contributed by atoms with E-state index in [9.17, 15) is 9.90 Å². The first-order valence-electron chi connectivity index (χ1n) is 10.6. The van der Waals surface area contributed by atoms with Crippen molar-refractivity contribution in [2.75, 3.05) is 31.1 Å². The zero-order valence-corrected chi connectivity index (χ0v) is 18.7. The lowest BCUT2D eigenvalue weighted by molar-refractivity contribution is 0.142. The number of hydrogen-bond acceptors (Lipinski definition) is 6. The number of carboxylic acid groups (broad SMARTS) is 1. The lowest BCUT2D eigenvalue weighted by Gasteiger charge is -2.34. The molecule has 4 aromatic rings. The third kappa shape index (κ3) is 3.17. The number of aromatic amines is 1. The van der Waals surface area contributed by atoms with E-state index in [2.05, 4.69) is 35.8 Å². The standard InChI is InChI=1S/C22H20BrN7O2/c23-15-10-26-20-17(15)13(3-4-25-20)19-27-16-11-24-9-14(12-1-2-12)18(16)21(28-19)29-5-7-30(8-6-29)22(31)32/h3-4,9-12H,1-2,5-8H2,(H,25,26)(H,31,32). The van der Waals surface area contributed by atoms with E-state index in [1.54, 1.807) is 12.4 Å². The number of halogens is 1. The SMILES string of the molecule is O=C(O)N1CCN(c2nc(-c3ccnc4[nH]cc(Br)c34)nc3cncc(C4CC4)c23)CC1. The Bertz CT molecular complexity index is 1360. The molecule has 1 saturated carbocycles. The minimum atomic E-state index is -0.878. The molecule has 0 spiro atoms. The summed E-state index contributed by atoms with van der Waals surface area (Å²) in [5, 5.41) is 11.3. The molecule has 5 heterocycles. The first kappa shape index (κ1) is 19.4. The van der Waals surface area contributed by atoms with E-state index in [1.165, 1.54) is 10.5 Å². The van der Waals surface area contributed by atoms with Gasteiger partial charge in [-0.25, -0.2) is 19.7 Å². The molecule has 2 N–H and O–H groups in total. The Labute approximate surface area is 191 Å². The number of piperazine rings is 1. The molecule has 2 fully saturated rings. The summed E-state index contributed by atoms with van der Waals surface area (Å²) in [6.07, 6.45) is 8.77. The Morgan fingerprint density at radius 1 is 1.12 bits per heavy atom. The largest absolute Gasteiger partial charge is 0.465 e. The van der Waals surface area contributed by atoms with E-state index in [-0.39, 0.29) is 0 Å². The van der Waals surface area contributed by atoms with Crippen molar-refractivity contribution in [3.63, 3.8) is 0 Å². The Balaban J connectivity index is 1.54. The van der Waals surface area contributed by atoms with Crippen LogP contribution in [0, 0.1) is 0 Å². The maximum Gasteiger partial charge on any atom is 0.407 e. The van der Waals surface area contributed by atoms with Crippen LogP contribution in [0.15, 0.2) is 35.3 Å². The highest BCUT2D eigenvalue weighted by Gasteiger charge is 2.30. The lowest BCUT2D eigenvalue weighted by Crippen LogP contribution is -2.48. The van der Waals surface area contributed by atoms with Gasteiger partial charge in [0.1, 0.15) is 11.5 Å². The number of anilines is 1. The number of rotatable bonds is 3. The molecule has 0 aromatic carbocycles.